The van der Waals surface area contributed by atoms with Crippen LogP contribution in [0.2, 0.25) is 0 Å². The Labute approximate surface area is 210 Å². The lowest BCUT2D eigenvalue weighted by molar-refractivity contribution is -0.139. The molecule has 0 spiro atoms. The molecule has 1 fully saturated rings. The van der Waals surface area contributed by atoms with Crippen molar-refractivity contribution in [3.8, 4) is 17.9 Å². The lowest BCUT2D eigenvalue weighted by Crippen LogP contribution is -2.52. The highest BCUT2D eigenvalue weighted by Crippen LogP contribution is 2.57. The molecule has 1 aliphatic carbocycles. The quantitative estimate of drug-likeness (QED) is 0.342. The van der Waals surface area contributed by atoms with E-state index in [0.717, 1.165) is 4.90 Å². The predicted molar refractivity (Wildman–Crippen MR) is 130 cm³/mol. The summed E-state index contributed by atoms with van der Waals surface area (Å²) >= 11 is 0. The highest BCUT2D eigenvalue weighted by Gasteiger charge is 2.62. The highest BCUT2D eigenvalue weighted by atomic mass is 16.6. The van der Waals surface area contributed by atoms with Crippen molar-refractivity contribution in [1.82, 2.24) is 0 Å². The van der Waals surface area contributed by atoms with Crippen LogP contribution in [0.25, 0.3) is 0 Å². The molecule has 3 rings (SSSR count). The largest absolute Gasteiger partial charge is 0.497 e. The van der Waals surface area contributed by atoms with Crippen molar-refractivity contribution >= 4 is 23.7 Å². The van der Waals surface area contributed by atoms with Crippen molar-refractivity contribution in [2.45, 2.75) is 57.5 Å². The number of esters is 1. The lowest BCUT2D eigenvalue weighted by Gasteiger charge is -2.41. The fourth-order valence-electron chi connectivity index (χ4n) is 5.12. The predicted octanol–water partition coefficient (Wildman–Crippen LogP) is 4.48. The third kappa shape index (κ3) is 4.22. The van der Waals surface area contributed by atoms with E-state index in [2.05, 4.69) is 6.58 Å². The van der Waals surface area contributed by atoms with E-state index in [4.69, 9.17) is 14.2 Å². The van der Waals surface area contributed by atoms with Crippen LogP contribution in [0, 0.1) is 28.6 Å². The molecule has 2 aliphatic rings. The summed E-state index contributed by atoms with van der Waals surface area (Å²) in [6.07, 6.45) is 1.22. The first-order valence-corrected chi connectivity index (χ1v) is 11.5. The van der Waals surface area contributed by atoms with Gasteiger partial charge in [-0.15, -0.1) is 0 Å². The number of carbonyl (C=O) groups excluding carboxylic acids is 3. The molecule has 1 aromatic rings. The molecule has 0 aromatic heterocycles. The van der Waals surface area contributed by atoms with Gasteiger partial charge in [0.1, 0.15) is 34.5 Å². The Balaban J connectivity index is 2.43. The lowest BCUT2D eigenvalue weighted by atomic mass is 9.59. The number of carbonyl (C=O) groups is 3. The van der Waals surface area contributed by atoms with Crippen LogP contribution in [-0.2, 0) is 24.5 Å². The number of benzene rings is 1. The van der Waals surface area contributed by atoms with E-state index in [0.29, 0.717) is 42.6 Å². The number of imide groups is 1. The number of nitriles is 2. The first-order valence-electron chi connectivity index (χ1n) is 11.5. The van der Waals surface area contributed by atoms with E-state index in [9.17, 15) is 24.9 Å². The van der Waals surface area contributed by atoms with Gasteiger partial charge in [-0.3, -0.25) is 4.79 Å². The molecule has 9 heteroatoms. The SMILES string of the molecule is C=C(C(=O)OC)[C@]1([C@@H]2CCCCC2=C(C#N)C#N)C(=O)N(C(=O)OC(C)(C)C)c2ccc(OC)cc21. The van der Waals surface area contributed by atoms with Crippen molar-refractivity contribution in [2.75, 3.05) is 19.1 Å². The molecule has 9 nitrogen and oxygen atoms in total. The third-order valence-corrected chi connectivity index (χ3v) is 6.57. The summed E-state index contributed by atoms with van der Waals surface area (Å²) in [7, 11) is 2.63. The van der Waals surface area contributed by atoms with Gasteiger partial charge in [-0.1, -0.05) is 13.0 Å². The van der Waals surface area contributed by atoms with Gasteiger partial charge in [0.2, 0.25) is 0 Å². The zero-order valence-corrected chi connectivity index (χ0v) is 21.1. The fourth-order valence-corrected chi connectivity index (χ4v) is 5.12. The third-order valence-electron chi connectivity index (χ3n) is 6.57. The minimum absolute atomic E-state index is 0.121. The first kappa shape index (κ1) is 26.5. The molecule has 1 heterocycles. The van der Waals surface area contributed by atoms with Gasteiger partial charge in [-0.05, 0) is 63.8 Å². The van der Waals surface area contributed by atoms with Crippen LogP contribution in [0.1, 0.15) is 52.0 Å². The molecule has 0 unspecified atom stereocenters. The molecule has 0 N–H and O–H groups in total. The van der Waals surface area contributed by atoms with Crippen molar-refractivity contribution < 1.29 is 28.6 Å². The van der Waals surface area contributed by atoms with Crippen LogP contribution in [0.15, 0.2) is 41.5 Å². The van der Waals surface area contributed by atoms with Gasteiger partial charge in [-0.2, -0.15) is 10.5 Å². The van der Waals surface area contributed by atoms with E-state index in [-0.39, 0.29) is 16.8 Å². The second-order valence-electron chi connectivity index (χ2n) is 9.70. The number of amides is 2. The number of hydrogen-bond acceptors (Lipinski definition) is 8. The Hall–Kier alpha value is -4.11. The van der Waals surface area contributed by atoms with Crippen molar-refractivity contribution in [3.05, 3.63) is 47.1 Å². The summed E-state index contributed by atoms with van der Waals surface area (Å²) in [6.45, 7) is 9.00. The van der Waals surface area contributed by atoms with Gasteiger partial charge in [0.25, 0.3) is 5.91 Å². The zero-order valence-electron chi connectivity index (χ0n) is 21.1. The maximum atomic E-state index is 14.4. The van der Waals surface area contributed by atoms with Gasteiger partial charge >= 0.3 is 12.1 Å². The van der Waals surface area contributed by atoms with E-state index in [1.54, 1.807) is 39.0 Å². The molecule has 36 heavy (non-hydrogen) atoms. The van der Waals surface area contributed by atoms with Crippen molar-refractivity contribution in [3.63, 3.8) is 0 Å². The zero-order chi connectivity index (χ0) is 26.8. The Morgan fingerprint density at radius 1 is 1.17 bits per heavy atom. The summed E-state index contributed by atoms with van der Waals surface area (Å²) < 4.78 is 15.9. The molecule has 1 saturated carbocycles. The number of fused-ring (bicyclic) bond motifs is 1. The molecule has 1 aromatic carbocycles. The normalized spacial score (nSPS) is 21.1. The average molecular weight is 492 g/mol. The topological polar surface area (TPSA) is 130 Å². The van der Waals surface area contributed by atoms with E-state index >= 15 is 0 Å². The number of methoxy groups -OCH3 is 2. The van der Waals surface area contributed by atoms with Gasteiger partial charge in [-0.25, -0.2) is 14.5 Å². The summed E-state index contributed by atoms with van der Waals surface area (Å²) in [5.74, 6) is -2.01. The maximum absolute atomic E-state index is 14.4. The molecule has 2 amide bonds. The average Bonchev–Trinajstić information content (AvgIpc) is 3.11. The van der Waals surface area contributed by atoms with Gasteiger partial charge in [0, 0.05) is 11.5 Å². The summed E-state index contributed by atoms with van der Waals surface area (Å²) in [5.41, 5.74) is -2.08. The van der Waals surface area contributed by atoms with E-state index in [1.165, 1.54) is 14.2 Å². The summed E-state index contributed by atoms with van der Waals surface area (Å²) in [5, 5.41) is 19.4. The van der Waals surface area contributed by atoms with Crippen LogP contribution >= 0.6 is 0 Å². The maximum Gasteiger partial charge on any atom is 0.421 e. The van der Waals surface area contributed by atoms with Crippen LogP contribution in [0.5, 0.6) is 5.75 Å². The molecule has 0 bridgehead atoms. The second kappa shape index (κ2) is 9.87. The number of rotatable bonds is 4. The molecular weight excluding hydrogens is 462 g/mol. The summed E-state index contributed by atoms with van der Waals surface area (Å²) in [6, 6.07) is 8.58. The Kier molecular flexibility index (Phi) is 7.26. The number of nitrogens with zero attached hydrogens (tertiary/aromatic N) is 3. The van der Waals surface area contributed by atoms with Crippen LogP contribution in [0.4, 0.5) is 10.5 Å². The molecule has 2 atom stereocenters. The standard InChI is InChI=1S/C27H29N3O6/c1-16(23(31)35-6)27(20-10-8-7-9-19(20)17(14-28)15-29)21-13-18(34-5)11-12-22(21)30(24(27)32)25(33)36-26(2,3)4/h11-13,20H,1,7-10H2,2-6H3/t20-,27-/m1/s1. The molecule has 0 radical (unpaired) electrons. The molecule has 1 aliphatic heterocycles. The monoisotopic (exact) mass is 491 g/mol. The number of ether oxygens (including phenoxy) is 3. The van der Waals surface area contributed by atoms with Gasteiger partial charge < -0.3 is 14.2 Å². The van der Waals surface area contributed by atoms with Crippen molar-refractivity contribution in [1.29, 1.82) is 10.5 Å². The highest BCUT2D eigenvalue weighted by molar-refractivity contribution is 6.25. The molecular formula is C27H29N3O6. The van der Waals surface area contributed by atoms with E-state index in [1.807, 2.05) is 12.1 Å². The van der Waals surface area contributed by atoms with Gasteiger partial charge in [0.15, 0.2) is 0 Å². The molecule has 0 saturated heterocycles. The second-order valence-corrected chi connectivity index (χ2v) is 9.70. The number of allylic oxidation sites excluding steroid dienone is 2. The number of anilines is 1. The minimum Gasteiger partial charge on any atom is -0.497 e. The van der Waals surface area contributed by atoms with Gasteiger partial charge in [0.05, 0.1) is 25.5 Å². The van der Waals surface area contributed by atoms with E-state index < -0.39 is 34.9 Å². The molecule has 188 valence electrons. The fraction of sp³-hybridized carbons (Fsp3) is 0.444. The van der Waals surface area contributed by atoms with Crippen molar-refractivity contribution in [2.24, 2.45) is 5.92 Å². The summed E-state index contributed by atoms with van der Waals surface area (Å²) in [4.78, 5) is 41.7. The van der Waals surface area contributed by atoms with Crippen LogP contribution in [0.3, 0.4) is 0 Å². The minimum atomic E-state index is -1.82. The number of hydrogen-bond donors (Lipinski definition) is 0. The van der Waals surface area contributed by atoms with Crippen LogP contribution < -0.4 is 9.64 Å². The smallest absolute Gasteiger partial charge is 0.421 e. The van der Waals surface area contributed by atoms with Crippen LogP contribution in [-0.4, -0.2) is 37.8 Å². The Morgan fingerprint density at radius 2 is 1.83 bits per heavy atom. The Bertz CT molecular complexity index is 1230. The first-order chi connectivity index (χ1) is 17.0. The Morgan fingerprint density at radius 3 is 2.39 bits per heavy atom.